The first-order valence-corrected chi connectivity index (χ1v) is 10.3. The van der Waals surface area contributed by atoms with E-state index in [1.807, 2.05) is 0 Å². The SMILES string of the molecule is CC(C)(OP(=O)(Cl)N(CCCl)CCCl)c1ccc([N+](=O)[O-])cc1. The Bertz CT molecular complexity index is 577. The number of alkyl halides is 2. The molecule has 1 aromatic rings. The summed E-state index contributed by atoms with van der Waals surface area (Å²) in [6.45, 7) is 0.254. The maximum Gasteiger partial charge on any atom is 0.364 e. The predicted molar refractivity (Wildman–Crippen MR) is 93.7 cm³/mol. The van der Waals surface area contributed by atoms with Gasteiger partial charge in [0.1, 0.15) is 0 Å². The van der Waals surface area contributed by atoms with Crippen LogP contribution >= 0.6 is 41.3 Å². The highest BCUT2D eigenvalue weighted by Crippen LogP contribution is 2.59. The molecule has 0 aliphatic heterocycles. The van der Waals surface area contributed by atoms with Crippen molar-refractivity contribution in [3.05, 3.63) is 39.9 Å². The van der Waals surface area contributed by atoms with E-state index < -0.39 is 17.4 Å². The van der Waals surface area contributed by atoms with Crippen molar-refractivity contribution < 1.29 is 14.0 Å². The fourth-order valence-electron chi connectivity index (χ4n) is 1.92. The Morgan fingerprint density at radius 3 is 2.09 bits per heavy atom. The molecular formula is C13H18Cl3N2O4P. The van der Waals surface area contributed by atoms with Crippen LogP contribution in [0.3, 0.4) is 0 Å². The summed E-state index contributed by atoms with van der Waals surface area (Å²) in [5.74, 6) is 0.462. The lowest BCUT2D eigenvalue weighted by atomic mass is 9.98. The van der Waals surface area contributed by atoms with Crippen LogP contribution in [0.25, 0.3) is 0 Å². The largest absolute Gasteiger partial charge is 0.364 e. The van der Waals surface area contributed by atoms with Crippen molar-refractivity contribution >= 4 is 47.0 Å². The molecule has 1 atom stereocenters. The molecule has 130 valence electrons. The van der Waals surface area contributed by atoms with Crippen LogP contribution in [0.1, 0.15) is 19.4 Å². The second-order valence-corrected chi connectivity index (χ2v) is 8.88. The summed E-state index contributed by atoms with van der Waals surface area (Å²) in [5.41, 5.74) is -0.436. The summed E-state index contributed by atoms with van der Waals surface area (Å²) in [6, 6.07) is 5.80. The van der Waals surface area contributed by atoms with Gasteiger partial charge in [-0.25, -0.2) is 4.67 Å². The third kappa shape index (κ3) is 5.89. The monoisotopic (exact) mass is 402 g/mol. The molecule has 0 saturated carbocycles. The average Bonchev–Trinajstić information content (AvgIpc) is 2.46. The van der Waals surface area contributed by atoms with Crippen LogP contribution in [-0.4, -0.2) is 34.4 Å². The van der Waals surface area contributed by atoms with E-state index >= 15 is 0 Å². The summed E-state index contributed by atoms with van der Waals surface area (Å²) in [6.07, 6.45) is 0. The van der Waals surface area contributed by atoms with Crippen LogP contribution in [0.15, 0.2) is 24.3 Å². The van der Waals surface area contributed by atoms with Gasteiger partial charge in [-0.15, -0.1) is 23.2 Å². The van der Waals surface area contributed by atoms with Gasteiger partial charge in [-0.3, -0.25) is 19.2 Å². The zero-order valence-corrected chi connectivity index (χ0v) is 15.9. The van der Waals surface area contributed by atoms with Crippen molar-refractivity contribution in [3.8, 4) is 0 Å². The van der Waals surface area contributed by atoms with E-state index in [2.05, 4.69) is 0 Å². The average molecular weight is 404 g/mol. The first-order valence-electron chi connectivity index (χ1n) is 6.77. The molecule has 1 rings (SSSR count). The maximum absolute atomic E-state index is 12.7. The Hall–Kier alpha value is -0.360. The van der Waals surface area contributed by atoms with Crippen LogP contribution in [0.4, 0.5) is 5.69 Å². The van der Waals surface area contributed by atoms with Gasteiger partial charge in [-0.1, -0.05) is 0 Å². The van der Waals surface area contributed by atoms with Gasteiger partial charge in [0, 0.05) is 37.0 Å². The molecule has 0 radical (unpaired) electrons. The Morgan fingerprint density at radius 2 is 1.70 bits per heavy atom. The molecule has 0 fully saturated rings. The van der Waals surface area contributed by atoms with Crippen molar-refractivity contribution in [1.82, 2.24) is 4.67 Å². The molecule has 0 saturated heterocycles. The van der Waals surface area contributed by atoms with E-state index in [1.165, 1.54) is 16.8 Å². The molecule has 0 aliphatic carbocycles. The van der Waals surface area contributed by atoms with E-state index in [0.29, 0.717) is 5.56 Å². The van der Waals surface area contributed by atoms with Gasteiger partial charge >= 0.3 is 6.87 Å². The van der Waals surface area contributed by atoms with E-state index in [-0.39, 0.29) is 30.5 Å². The molecule has 10 heteroatoms. The number of hydrogen-bond acceptors (Lipinski definition) is 4. The second-order valence-electron chi connectivity index (χ2n) is 5.19. The van der Waals surface area contributed by atoms with Crippen molar-refractivity contribution in [1.29, 1.82) is 0 Å². The Kier molecular flexibility index (Phi) is 7.78. The summed E-state index contributed by atoms with van der Waals surface area (Å²) < 4.78 is 19.7. The topological polar surface area (TPSA) is 72.7 Å². The van der Waals surface area contributed by atoms with Crippen LogP contribution in [0, 0.1) is 10.1 Å². The fourth-order valence-corrected chi connectivity index (χ4v) is 5.00. The summed E-state index contributed by atoms with van der Waals surface area (Å²) in [4.78, 5) is 10.2. The molecular weight excluding hydrogens is 385 g/mol. The number of hydrogen-bond donors (Lipinski definition) is 0. The molecule has 0 aromatic heterocycles. The van der Waals surface area contributed by atoms with Gasteiger partial charge in [-0.2, -0.15) is 0 Å². The van der Waals surface area contributed by atoms with Gasteiger partial charge in [0.25, 0.3) is 5.69 Å². The van der Waals surface area contributed by atoms with E-state index in [4.69, 9.17) is 39.0 Å². The predicted octanol–water partition coefficient (Wildman–Crippen LogP) is 4.97. The Morgan fingerprint density at radius 1 is 1.22 bits per heavy atom. The normalized spacial score (nSPS) is 14.7. The minimum Gasteiger partial charge on any atom is -0.295 e. The number of non-ortho nitro benzene ring substituents is 1. The van der Waals surface area contributed by atoms with E-state index in [0.717, 1.165) is 0 Å². The van der Waals surface area contributed by atoms with Crippen LogP contribution in [0.5, 0.6) is 0 Å². The first-order chi connectivity index (χ1) is 10.6. The third-order valence-corrected chi connectivity index (χ3v) is 6.08. The molecule has 6 nitrogen and oxygen atoms in total. The molecule has 0 N–H and O–H groups in total. The molecule has 23 heavy (non-hydrogen) atoms. The zero-order valence-electron chi connectivity index (χ0n) is 12.7. The van der Waals surface area contributed by atoms with Crippen LogP contribution in [0.2, 0.25) is 0 Å². The number of benzene rings is 1. The van der Waals surface area contributed by atoms with Crippen molar-refractivity contribution in [3.63, 3.8) is 0 Å². The van der Waals surface area contributed by atoms with Crippen LogP contribution < -0.4 is 0 Å². The van der Waals surface area contributed by atoms with Gasteiger partial charge in [0.15, 0.2) is 0 Å². The minimum atomic E-state index is -3.65. The number of nitro groups is 1. The maximum atomic E-state index is 12.7. The van der Waals surface area contributed by atoms with Gasteiger partial charge in [-0.05, 0) is 42.8 Å². The molecule has 0 spiro atoms. The van der Waals surface area contributed by atoms with E-state index in [1.54, 1.807) is 26.0 Å². The highest BCUT2D eigenvalue weighted by molar-refractivity contribution is 7.83. The number of rotatable bonds is 9. The molecule has 0 aliphatic rings. The van der Waals surface area contributed by atoms with Crippen molar-refractivity contribution in [2.75, 3.05) is 24.8 Å². The summed E-state index contributed by atoms with van der Waals surface area (Å²) in [7, 11) is 0. The standard InChI is InChI=1S/C13H18Cl3N2O4P/c1-13(2,11-3-5-12(6-4-11)18(19)20)22-23(16,21)17(9-7-14)10-8-15/h3-6H,7-10H2,1-2H3. The first kappa shape index (κ1) is 20.7. The quantitative estimate of drug-likeness (QED) is 0.252. The smallest absolute Gasteiger partial charge is 0.295 e. The lowest BCUT2D eigenvalue weighted by Crippen LogP contribution is -2.28. The van der Waals surface area contributed by atoms with Crippen LogP contribution in [-0.2, 0) is 14.7 Å². The lowest BCUT2D eigenvalue weighted by molar-refractivity contribution is -0.384. The fraction of sp³-hybridized carbons (Fsp3) is 0.538. The Labute approximate surface area is 150 Å². The lowest BCUT2D eigenvalue weighted by Gasteiger charge is -2.33. The van der Waals surface area contributed by atoms with Crippen molar-refractivity contribution in [2.24, 2.45) is 0 Å². The number of nitrogens with zero attached hydrogens (tertiary/aromatic N) is 2. The zero-order chi connectivity index (χ0) is 17.7. The summed E-state index contributed by atoms with van der Waals surface area (Å²) >= 11 is 17.5. The number of halogens is 3. The number of nitro benzene ring substituents is 1. The molecule has 1 unspecified atom stereocenters. The van der Waals surface area contributed by atoms with Crippen molar-refractivity contribution in [2.45, 2.75) is 19.4 Å². The van der Waals surface area contributed by atoms with Gasteiger partial charge in [0.2, 0.25) is 0 Å². The van der Waals surface area contributed by atoms with Gasteiger partial charge < -0.3 is 0 Å². The van der Waals surface area contributed by atoms with Gasteiger partial charge in [0.05, 0.1) is 10.5 Å². The Balaban J connectivity index is 2.98. The minimum absolute atomic E-state index is 0.0375. The highest BCUT2D eigenvalue weighted by atomic mass is 35.7. The molecule has 0 amide bonds. The van der Waals surface area contributed by atoms with E-state index in [9.17, 15) is 14.7 Å². The second kappa shape index (κ2) is 8.65. The highest BCUT2D eigenvalue weighted by Gasteiger charge is 2.37. The molecule has 1 aromatic carbocycles. The molecule has 0 bridgehead atoms. The third-order valence-electron chi connectivity index (χ3n) is 3.14. The summed E-state index contributed by atoms with van der Waals surface area (Å²) in [5, 5.41) is 10.7. The molecule has 0 heterocycles.